The third-order valence-electron chi connectivity index (χ3n) is 3.21. The number of para-hydroxylation sites is 1. The lowest BCUT2D eigenvalue weighted by atomic mass is 9.95. The van der Waals surface area contributed by atoms with Gasteiger partial charge in [0.1, 0.15) is 11.7 Å². The zero-order valence-corrected chi connectivity index (χ0v) is 11.5. The number of aryl methyl sites for hydroxylation is 1. The molecule has 0 amide bonds. The highest BCUT2D eigenvalue weighted by atomic mass is 16.5. The Labute approximate surface area is 118 Å². The standard InChI is InChI=1S/C16H17NO3/c1-11-7-8-14(17-10-11)13(16(18)19)9-12-5-3-4-6-15(12)20-2/h3-8,10,13H,9H2,1-2H3,(H,18,19). The van der Waals surface area contributed by atoms with Gasteiger partial charge in [-0.2, -0.15) is 0 Å². The van der Waals surface area contributed by atoms with E-state index in [1.54, 1.807) is 19.4 Å². The summed E-state index contributed by atoms with van der Waals surface area (Å²) < 4.78 is 5.27. The second-order valence-electron chi connectivity index (χ2n) is 4.67. The smallest absolute Gasteiger partial charge is 0.312 e. The van der Waals surface area contributed by atoms with Crippen LogP contribution in [0.25, 0.3) is 0 Å². The topological polar surface area (TPSA) is 59.4 Å². The Bertz CT molecular complexity index is 593. The number of rotatable bonds is 5. The lowest BCUT2D eigenvalue weighted by Crippen LogP contribution is -2.16. The van der Waals surface area contributed by atoms with Crippen molar-refractivity contribution in [1.29, 1.82) is 0 Å². The first-order valence-electron chi connectivity index (χ1n) is 6.39. The summed E-state index contributed by atoms with van der Waals surface area (Å²) in [6.45, 7) is 1.92. The van der Waals surface area contributed by atoms with E-state index in [0.29, 0.717) is 17.9 Å². The molecule has 1 aromatic heterocycles. The number of ether oxygens (including phenoxy) is 1. The Kier molecular flexibility index (Phi) is 4.35. The van der Waals surface area contributed by atoms with E-state index in [1.165, 1.54) is 0 Å². The highest BCUT2D eigenvalue weighted by Gasteiger charge is 2.23. The molecule has 0 spiro atoms. The fourth-order valence-corrected chi connectivity index (χ4v) is 2.10. The van der Waals surface area contributed by atoms with Crippen LogP contribution < -0.4 is 4.74 Å². The molecule has 1 heterocycles. The summed E-state index contributed by atoms with van der Waals surface area (Å²) in [6, 6.07) is 11.1. The van der Waals surface area contributed by atoms with Gasteiger partial charge in [-0.15, -0.1) is 0 Å². The maximum Gasteiger partial charge on any atom is 0.312 e. The van der Waals surface area contributed by atoms with Crippen molar-refractivity contribution >= 4 is 5.97 Å². The molecule has 2 aromatic rings. The van der Waals surface area contributed by atoms with Gasteiger partial charge in [0.2, 0.25) is 0 Å². The summed E-state index contributed by atoms with van der Waals surface area (Å²) in [5, 5.41) is 9.44. The van der Waals surface area contributed by atoms with Crippen molar-refractivity contribution in [3.8, 4) is 5.75 Å². The van der Waals surface area contributed by atoms with Crippen LogP contribution in [0.4, 0.5) is 0 Å². The van der Waals surface area contributed by atoms with Crippen LogP contribution in [0.1, 0.15) is 22.7 Å². The number of pyridine rings is 1. The van der Waals surface area contributed by atoms with Gasteiger partial charge in [0.05, 0.1) is 12.8 Å². The van der Waals surface area contributed by atoms with E-state index in [9.17, 15) is 9.90 Å². The molecule has 0 aliphatic rings. The second kappa shape index (κ2) is 6.19. The molecule has 0 aliphatic heterocycles. The van der Waals surface area contributed by atoms with Crippen LogP contribution in [-0.2, 0) is 11.2 Å². The van der Waals surface area contributed by atoms with E-state index in [4.69, 9.17) is 4.74 Å². The molecule has 0 aliphatic carbocycles. The van der Waals surface area contributed by atoms with Crippen molar-refractivity contribution in [1.82, 2.24) is 4.98 Å². The SMILES string of the molecule is COc1ccccc1CC(C(=O)O)c1ccc(C)cn1. The fraction of sp³-hybridized carbons (Fsp3) is 0.250. The molecule has 1 atom stereocenters. The number of methoxy groups -OCH3 is 1. The first-order valence-corrected chi connectivity index (χ1v) is 6.39. The molecular weight excluding hydrogens is 254 g/mol. The van der Waals surface area contributed by atoms with Crippen molar-refractivity contribution in [2.75, 3.05) is 7.11 Å². The van der Waals surface area contributed by atoms with Gasteiger partial charge in [0.15, 0.2) is 0 Å². The normalized spacial score (nSPS) is 11.9. The first-order chi connectivity index (χ1) is 9.61. The third-order valence-corrected chi connectivity index (χ3v) is 3.21. The molecule has 0 fully saturated rings. The summed E-state index contributed by atoms with van der Waals surface area (Å²) in [6.07, 6.45) is 2.04. The molecule has 0 saturated heterocycles. The predicted octanol–water partition coefficient (Wildman–Crippen LogP) is 2.81. The minimum Gasteiger partial charge on any atom is -0.496 e. The van der Waals surface area contributed by atoms with E-state index in [0.717, 1.165) is 11.1 Å². The van der Waals surface area contributed by atoms with Gasteiger partial charge in [-0.1, -0.05) is 24.3 Å². The minimum atomic E-state index is -0.882. The largest absolute Gasteiger partial charge is 0.496 e. The quantitative estimate of drug-likeness (QED) is 0.908. The third kappa shape index (κ3) is 3.15. The Morgan fingerprint density at radius 3 is 2.65 bits per heavy atom. The fourth-order valence-electron chi connectivity index (χ4n) is 2.10. The molecule has 104 valence electrons. The average Bonchev–Trinajstić information content (AvgIpc) is 2.46. The number of nitrogens with zero attached hydrogens (tertiary/aromatic N) is 1. The average molecular weight is 271 g/mol. The maximum atomic E-state index is 11.5. The second-order valence-corrected chi connectivity index (χ2v) is 4.67. The zero-order valence-electron chi connectivity index (χ0n) is 11.5. The lowest BCUT2D eigenvalue weighted by Gasteiger charge is -2.14. The van der Waals surface area contributed by atoms with Crippen molar-refractivity contribution in [2.24, 2.45) is 0 Å². The number of aromatic nitrogens is 1. The summed E-state index contributed by atoms with van der Waals surface area (Å²) in [5.41, 5.74) is 2.44. The monoisotopic (exact) mass is 271 g/mol. The lowest BCUT2D eigenvalue weighted by molar-refractivity contribution is -0.138. The molecule has 0 radical (unpaired) electrons. The van der Waals surface area contributed by atoms with E-state index in [2.05, 4.69) is 4.98 Å². The van der Waals surface area contributed by atoms with Gasteiger partial charge >= 0.3 is 5.97 Å². The van der Waals surface area contributed by atoms with Crippen LogP contribution in [-0.4, -0.2) is 23.2 Å². The number of carboxylic acids is 1. The molecule has 2 rings (SSSR count). The van der Waals surface area contributed by atoms with Gasteiger partial charge in [0, 0.05) is 6.20 Å². The van der Waals surface area contributed by atoms with Crippen LogP contribution in [0.3, 0.4) is 0 Å². The van der Waals surface area contributed by atoms with Gasteiger partial charge in [-0.05, 0) is 36.6 Å². The highest BCUT2D eigenvalue weighted by Crippen LogP contribution is 2.25. The molecule has 4 heteroatoms. The van der Waals surface area contributed by atoms with Crippen LogP contribution in [0.15, 0.2) is 42.6 Å². The molecule has 1 N–H and O–H groups in total. The summed E-state index contributed by atoms with van der Waals surface area (Å²) in [7, 11) is 1.58. The summed E-state index contributed by atoms with van der Waals surface area (Å²) >= 11 is 0. The Balaban J connectivity index is 2.30. The van der Waals surface area contributed by atoms with Crippen LogP contribution in [0, 0.1) is 6.92 Å². The molecule has 4 nitrogen and oxygen atoms in total. The van der Waals surface area contributed by atoms with E-state index >= 15 is 0 Å². The van der Waals surface area contributed by atoms with Crippen molar-refractivity contribution in [3.05, 3.63) is 59.4 Å². The minimum absolute atomic E-state index is 0.357. The number of carbonyl (C=O) groups is 1. The van der Waals surface area contributed by atoms with Crippen molar-refractivity contribution in [2.45, 2.75) is 19.3 Å². The zero-order chi connectivity index (χ0) is 14.5. The van der Waals surface area contributed by atoms with Crippen molar-refractivity contribution in [3.63, 3.8) is 0 Å². The Morgan fingerprint density at radius 1 is 1.30 bits per heavy atom. The van der Waals surface area contributed by atoms with E-state index in [-0.39, 0.29) is 0 Å². The van der Waals surface area contributed by atoms with Crippen LogP contribution >= 0.6 is 0 Å². The molecule has 1 aromatic carbocycles. The molecule has 1 unspecified atom stereocenters. The number of carboxylic acid groups (broad SMARTS) is 1. The van der Waals surface area contributed by atoms with Crippen molar-refractivity contribution < 1.29 is 14.6 Å². The summed E-state index contributed by atoms with van der Waals surface area (Å²) in [4.78, 5) is 15.7. The van der Waals surface area contributed by atoms with Crippen LogP contribution in [0.5, 0.6) is 5.75 Å². The predicted molar refractivity (Wildman–Crippen MR) is 76.0 cm³/mol. The number of aliphatic carboxylic acids is 1. The van der Waals surface area contributed by atoms with E-state index < -0.39 is 11.9 Å². The molecular formula is C16H17NO3. The molecule has 0 saturated carbocycles. The summed E-state index contributed by atoms with van der Waals surface area (Å²) in [5.74, 6) is -0.856. The van der Waals surface area contributed by atoms with E-state index in [1.807, 2.05) is 37.3 Å². The Hall–Kier alpha value is -2.36. The van der Waals surface area contributed by atoms with Gasteiger partial charge < -0.3 is 9.84 Å². The van der Waals surface area contributed by atoms with Gasteiger partial charge in [-0.25, -0.2) is 0 Å². The number of benzene rings is 1. The molecule has 20 heavy (non-hydrogen) atoms. The maximum absolute atomic E-state index is 11.5. The molecule has 0 bridgehead atoms. The van der Waals surface area contributed by atoms with Gasteiger partial charge in [0.25, 0.3) is 0 Å². The number of hydrogen-bond donors (Lipinski definition) is 1. The van der Waals surface area contributed by atoms with Crippen LogP contribution in [0.2, 0.25) is 0 Å². The van der Waals surface area contributed by atoms with Gasteiger partial charge in [-0.3, -0.25) is 9.78 Å². The number of hydrogen-bond acceptors (Lipinski definition) is 3. The first kappa shape index (κ1) is 14.1. The Morgan fingerprint density at radius 2 is 2.05 bits per heavy atom. The highest BCUT2D eigenvalue weighted by molar-refractivity contribution is 5.76.